The summed E-state index contributed by atoms with van der Waals surface area (Å²) in [4.78, 5) is 15.3. The van der Waals surface area contributed by atoms with Crippen LogP contribution < -0.4 is 0 Å². The van der Waals surface area contributed by atoms with Crippen LogP contribution in [0.2, 0.25) is 0 Å². The molecule has 0 radical (unpaired) electrons. The molecule has 0 saturated heterocycles. The summed E-state index contributed by atoms with van der Waals surface area (Å²) in [6, 6.07) is 0.401. The van der Waals surface area contributed by atoms with E-state index < -0.39 is 5.97 Å². The van der Waals surface area contributed by atoms with Gasteiger partial charge in [0.2, 0.25) is 0 Å². The van der Waals surface area contributed by atoms with Crippen molar-refractivity contribution in [2.24, 2.45) is 23.7 Å². The summed E-state index contributed by atoms with van der Waals surface area (Å²) in [5, 5.41) is 13.5. The zero-order chi connectivity index (χ0) is 13.9. The van der Waals surface area contributed by atoms with Gasteiger partial charge < -0.3 is 5.11 Å². The van der Waals surface area contributed by atoms with E-state index in [-0.39, 0.29) is 5.82 Å². The molecular weight excluding hydrogens is 254 g/mol. The standard InChI is InChI=1S/C15H21N3O2/c1-2-12-16-14(15(19)20)17-18(12)13-10-4-8-3-9(6-10)7-11(13)5-8/h8-11,13H,2-7H2,1H3,(H,19,20). The summed E-state index contributed by atoms with van der Waals surface area (Å²) in [7, 11) is 0. The summed E-state index contributed by atoms with van der Waals surface area (Å²) in [6.07, 6.45) is 7.42. The quantitative estimate of drug-likeness (QED) is 0.920. The van der Waals surface area contributed by atoms with Crippen LogP contribution in [0.15, 0.2) is 0 Å². The Balaban J connectivity index is 1.72. The van der Waals surface area contributed by atoms with Gasteiger partial charge in [0.05, 0.1) is 6.04 Å². The first-order chi connectivity index (χ1) is 9.65. The number of carbonyl (C=O) groups is 1. The third kappa shape index (κ3) is 1.71. The lowest BCUT2D eigenvalue weighted by Crippen LogP contribution is -2.46. The first-order valence-electron chi connectivity index (χ1n) is 7.84. The molecule has 0 aromatic carbocycles. The largest absolute Gasteiger partial charge is 0.475 e. The van der Waals surface area contributed by atoms with E-state index in [1.54, 1.807) is 0 Å². The highest BCUT2D eigenvalue weighted by molar-refractivity contribution is 5.82. The van der Waals surface area contributed by atoms with Gasteiger partial charge in [-0.2, -0.15) is 0 Å². The predicted molar refractivity (Wildman–Crippen MR) is 72.4 cm³/mol. The van der Waals surface area contributed by atoms with Gasteiger partial charge in [0, 0.05) is 6.42 Å². The number of hydrogen-bond donors (Lipinski definition) is 1. The Bertz CT molecular complexity index is 523. The van der Waals surface area contributed by atoms with Crippen LogP contribution >= 0.6 is 0 Å². The van der Waals surface area contributed by atoms with Crippen molar-refractivity contribution < 1.29 is 9.90 Å². The summed E-state index contributed by atoms with van der Waals surface area (Å²) in [6.45, 7) is 2.03. The maximum absolute atomic E-state index is 11.1. The van der Waals surface area contributed by atoms with Crippen molar-refractivity contribution in [2.75, 3.05) is 0 Å². The van der Waals surface area contributed by atoms with Crippen LogP contribution in [0.1, 0.15) is 61.5 Å². The smallest absolute Gasteiger partial charge is 0.375 e. The van der Waals surface area contributed by atoms with Crippen LogP contribution in [0.5, 0.6) is 0 Å². The van der Waals surface area contributed by atoms with Gasteiger partial charge in [-0.05, 0) is 55.8 Å². The van der Waals surface area contributed by atoms with E-state index in [9.17, 15) is 4.79 Å². The third-order valence-corrected chi connectivity index (χ3v) is 5.67. The van der Waals surface area contributed by atoms with Crippen LogP contribution in [0.4, 0.5) is 0 Å². The molecule has 4 saturated carbocycles. The van der Waals surface area contributed by atoms with Crippen molar-refractivity contribution in [1.29, 1.82) is 0 Å². The normalized spacial score (nSPS) is 38.4. The van der Waals surface area contributed by atoms with Gasteiger partial charge in [0.25, 0.3) is 5.82 Å². The molecule has 1 N–H and O–H groups in total. The van der Waals surface area contributed by atoms with E-state index in [1.165, 1.54) is 32.1 Å². The van der Waals surface area contributed by atoms with Crippen molar-refractivity contribution in [3.8, 4) is 0 Å². The molecule has 0 aliphatic heterocycles. The molecule has 1 aromatic rings. The zero-order valence-corrected chi connectivity index (χ0v) is 11.8. The molecule has 1 aromatic heterocycles. The van der Waals surface area contributed by atoms with Crippen molar-refractivity contribution in [2.45, 2.75) is 51.5 Å². The summed E-state index contributed by atoms with van der Waals surface area (Å²) in [5.41, 5.74) is 0. The minimum Gasteiger partial charge on any atom is -0.475 e. The number of carboxylic acids is 1. The Morgan fingerprint density at radius 2 is 1.80 bits per heavy atom. The minimum absolute atomic E-state index is 0.0318. The lowest BCUT2D eigenvalue weighted by atomic mass is 9.54. The van der Waals surface area contributed by atoms with Crippen LogP contribution in [0.3, 0.4) is 0 Å². The molecule has 4 aliphatic carbocycles. The number of aromatic carboxylic acids is 1. The topological polar surface area (TPSA) is 68.0 Å². The van der Waals surface area contributed by atoms with Gasteiger partial charge in [-0.1, -0.05) is 6.92 Å². The monoisotopic (exact) mass is 275 g/mol. The molecule has 0 spiro atoms. The second kappa shape index (κ2) is 4.30. The van der Waals surface area contributed by atoms with Gasteiger partial charge in [0.1, 0.15) is 5.82 Å². The summed E-state index contributed by atoms with van der Waals surface area (Å²) >= 11 is 0. The first-order valence-corrected chi connectivity index (χ1v) is 7.84. The fourth-order valence-electron chi connectivity index (χ4n) is 5.22. The Hall–Kier alpha value is -1.39. The predicted octanol–water partition coefficient (Wildman–Crippen LogP) is 2.54. The van der Waals surface area contributed by atoms with Crippen LogP contribution in [0, 0.1) is 23.7 Å². The van der Waals surface area contributed by atoms with E-state index in [0.29, 0.717) is 17.9 Å². The van der Waals surface area contributed by atoms with E-state index in [2.05, 4.69) is 10.1 Å². The Morgan fingerprint density at radius 1 is 1.20 bits per heavy atom. The molecule has 4 bridgehead atoms. The average molecular weight is 275 g/mol. The lowest BCUT2D eigenvalue weighted by molar-refractivity contribution is -0.0349. The average Bonchev–Trinajstić information content (AvgIpc) is 2.81. The highest BCUT2D eigenvalue weighted by Gasteiger charge is 2.49. The molecule has 4 aliphatic rings. The van der Waals surface area contributed by atoms with Crippen molar-refractivity contribution >= 4 is 5.97 Å². The molecule has 0 amide bonds. The minimum atomic E-state index is -1.01. The van der Waals surface area contributed by atoms with Gasteiger partial charge in [-0.25, -0.2) is 14.5 Å². The highest BCUT2D eigenvalue weighted by Crippen LogP contribution is 2.58. The molecule has 5 rings (SSSR count). The van der Waals surface area contributed by atoms with Gasteiger partial charge >= 0.3 is 5.97 Å². The number of aryl methyl sites for hydroxylation is 1. The maximum atomic E-state index is 11.1. The first kappa shape index (κ1) is 12.4. The number of aromatic nitrogens is 3. The van der Waals surface area contributed by atoms with Crippen molar-refractivity contribution in [3.05, 3.63) is 11.6 Å². The third-order valence-electron chi connectivity index (χ3n) is 5.67. The van der Waals surface area contributed by atoms with E-state index >= 15 is 0 Å². The van der Waals surface area contributed by atoms with Gasteiger partial charge in [-0.15, -0.1) is 5.10 Å². The maximum Gasteiger partial charge on any atom is 0.375 e. The Labute approximate surface area is 118 Å². The number of nitrogens with zero attached hydrogens (tertiary/aromatic N) is 3. The molecule has 5 heteroatoms. The highest BCUT2D eigenvalue weighted by atomic mass is 16.4. The van der Waals surface area contributed by atoms with Crippen LogP contribution in [-0.2, 0) is 6.42 Å². The van der Waals surface area contributed by atoms with Crippen LogP contribution in [-0.4, -0.2) is 25.8 Å². The van der Waals surface area contributed by atoms with E-state index in [1.807, 2.05) is 11.6 Å². The number of carboxylic acid groups (broad SMARTS) is 1. The van der Waals surface area contributed by atoms with E-state index in [4.69, 9.17) is 5.11 Å². The summed E-state index contributed by atoms with van der Waals surface area (Å²) in [5.74, 6) is 3.03. The fourth-order valence-corrected chi connectivity index (χ4v) is 5.22. The number of rotatable bonds is 3. The Kier molecular flexibility index (Phi) is 2.66. The second-order valence-electron chi connectivity index (χ2n) is 6.88. The molecule has 1 heterocycles. The SMILES string of the molecule is CCc1nc(C(=O)O)nn1C1C2CC3CC(C2)CC1C3. The van der Waals surface area contributed by atoms with Crippen molar-refractivity contribution in [3.63, 3.8) is 0 Å². The Morgan fingerprint density at radius 3 is 2.30 bits per heavy atom. The molecular formula is C15H21N3O2. The molecule has 0 atom stereocenters. The summed E-state index contributed by atoms with van der Waals surface area (Å²) < 4.78 is 1.98. The van der Waals surface area contributed by atoms with Gasteiger partial charge in [0.15, 0.2) is 0 Å². The zero-order valence-electron chi connectivity index (χ0n) is 11.8. The van der Waals surface area contributed by atoms with E-state index in [0.717, 1.165) is 24.1 Å². The molecule has 4 fully saturated rings. The molecule has 5 nitrogen and oxygen atoms in total. The molecule has 20 heavy (non-hydrogen) atoms. The van der Waals surface area contributed by atoms with Gasteiger partial charge in [-0.3, -0.25) is 0 Å². The molecule has 0 unspecified atom stereocenters. The van der Waals surface area contributed by atoms with Crippen molar-refractivity contribution in [1.82, 2.24) is 14.8 Å². The lowest BCUT2D eigenvalue weighted by Gasteiger charge is -2.54. The number of hydrogen-bond acceptors (Lipinski definition) is 3. The fraction of sp³-hybridized carbons (Fsp3) is 0.800. The van der Waals surface area contributed by atoms with Crippen LogP contribution in [0.25, 0.3) is 0 Å². The molecule has 108 valence electrons. The second-order valence-corrected chi connectivity index (χ2v) is 6.88.